The van der Waals surface area contributed by atoms with Gasteiger partial charge in [-0.05, 0) is 45.2 Å². The van der Waals surface area contributed by atoms with E-state index in [1.165, 1.54) is 21.6 Å². The van der Waals surface area contributed by atoms with Crippen molar-refractivity contribution in [1.29, 1.82) is 0 Å². The van der Waals surface area contributed by atoms with Gasteiger partial charge in [-0.3, -0.25) is 0 Å². The highest BCUT2D eigenvalue weighted by Gasteiger charge is 2.35. The van der Waals surface area contributed by atoms with Gasteiger partial charge in [0.05, 0.1) is 5.25 Å². The van der Waals surface area contributed by atoms with E-state index >= 15 is 0 Å². The summed E-state index contributed by atoms with van der Waals surface area (Å²) in [5, 5.41) is 3.32. The van der Waals surface area contributed by atoms with Crippen molar-refractivity contribution in [2.24, 2.45) is 0 Å². The smallest absolute Gasteiger partial charge is 0.151 e. The van der Waals surface area contributed by atoms with Gasteiger partial charge < -0.3 is 5.32 Å². The van der Waals surface area contributed by atoms with Gasteiger partial charge in [0.15, 0.2) is 9.84 Å². The molecular weight excluding hydrogens is 278 g/mol. The standard InChI is InChI=1S/C14H23NO2S2/c1-9-8-12(11(3)18-9)10(2)15-13-6-5-7-14(13)19(4,16)17/h8,10,13-15H,5-7H2,1-4H3. The summed E-state index contributed by atoms with van der Waals surface area (Å²) in [6, 6.07) is 2.53. The first kappa shape index (κ1) is 15.0. The average Bonchev–Trinajstić information content (AvgIpc) is 2.84. The first-order valence-corrected chi connectivity index (χ1v) is 9.58. The SMILES string of the molecule is Cc1cc(C(C)NC2CCCC2S(C)(=O)=O)c(C)s1. The van der Waals surface area contributed by atoms with E-state index in [0.29, 0.717) is 0 Å². The van der Waals surface area contributed by atoms with Gasteiger partial charge in [-0.1, -0.05) is 6.42 Å². The van der Waals surface area contributed by atoms with E-state index in [4.69, 9.17) is 0 Å². The molecule has 2 rings (SSSR count). The fraction of sp³-hybridized carbons (Fsp3) is 0.714. The molecule has 0 radical (unpaired) electrons. The molecule has 19 heavy (non-hydrogen) atoms. The number of rotatable bonds is 4. The number of hydrogen-bond acceptors (Lipinski definition) is 4. The lowest BCUT2D eigenvalue weighted by Crippen LogP contribution is -2.41. The Bertz CT molecular complexity index is 548. The Morgan fingerprint density at radius 1 is 1.37 bits per heavy atom. The van der Waals surface area contributed by atoms with Crippen molar-refractivity contribution in [2.45, 2.75) is 57.4 Å². The minimum atomic E-state index is -2.94. The molecule has 1 aliphatic rings. The van der Waals surface area contributed by atoms with Crippen molar-refractivity contribution in [3.8, 4) is 0 Å². The Morgan fingerprint density at radius 3 is 2.58 bits per heavy atom. The predicted molar refractivity (Wildman–Crippen MR) is 81.6 cm³/mol. The van der Waals surface area contributed by atoms with E-state index < -0.39 is 9.84 Å². The third kappa shape index (κ3) is 3.38. The minimum Gasteiger partial charge on any atom is -0.306 e. The van der Waals surface area contributed by atoms with Crippen LogP contribution in [0.2, 0.25) is 0 Å². The number of aryl methyl sites for hydroxylation is 2. The number of sulfone groups is 1. The lowest BCUT2D eigenvalue weighted by Gasteiger charge is -2.24. The van der Waals surface area contributed by atoms with Gasteiger partial charge in [0, 0.05) is 28.1 Å². The van der Waals surface area contributed by atoms with Gasteiger partial charge >= 0.3 is 0 Å². The lowest BCUT2D eigenvalue weighted by molar-refractivity contribution is 0.455. The quantitative estimate of drug-likeness (QED) is 0.930. The van der Waals surface area contributed by atoms with Crippen molar-refractivity contribution in [3.05, 3.63) is 21.4 Å². The van der Waals surface area contributed by atoms with Crippen LogP contribution in [0.3, 0.4) is 0 Å². The maximum absolute atomic E-state index is 11.8. The topological polar surface area (TPSA) is 46.2 Å². The fourth-order valence-corrected chi connectivity index (χ4v) is 5.55. The first-order chi connectivity index (χ1) is 8.79. The Kier molecular flexibility index (Phi) is 4.38. The lowest BCUT2D eigenvalue weighted by atomic mass is 10.1. The maximum Gasteiger partial charge on any atom is 0.151 e. The van der Waals surface area contributed by atoms with E-state index in [1.54, 1.807) is 11.3 Å². The van der Waals surface area contributed by atoms with E-state index in [2.05, 4.69) is 32.2 Å². The summed E-state index contributed by atoms with van der Waals surface area (Å²) in [4.78, 5) is 2.64. The highest BCUT2D eigenvalue weighted by atomic mass is 32.2. The maximum atomic E-state index is 11.8. The Balaban J connectivity index is 2.10. The van der Waals surface area contributed by atoms with Crippen molar-refractivity contribution in [1.82, 2.24) is 5.32 Å². The van der Waals surface area contributed by atoms with Crippen LogP contribution >= 0.6 is 11.3 Å². The molecule has 0 aliphatic heterocycles. The molecule has 1 aromatic rings. The Morgan fingerprint density at radius 2 is 2.05 bits per heavy atom. The van der Waals surface area contributed by atoms with Crippen LogP contribution in [0, 0.1) is 13.8 Å². The summed E-state index contributed by atoms with van der Waals surface area (Å²) >= 11 is 1.80. The molecule has 1 aliphatic carbocycles. The summed E-state index contributed by atoms with van der Waals surface area (Å²) in [5.74, 6) is 0. The van der Waals surface area contributed by atoms with E-state index in [-0.39, 0.29) is 17.3 Å². The zero-order valence-corrected chi connectivity index (χ0v) is 13.7. The van der Waals surface area contributed by atoms with Crippen LogP contribution in [0.25, 0.3) is 0 Å². The molecule has 3 unspecified atom stereocenters. The van der Waals surface area contributed by atoms with Crippen LogP contribution in [-0.2, 0) is 9.84 Å². The van der Waals surface area contributed by atoms with Crippen LogP contribution in [0.5, 0.6) is 0 Å². The summed E-state index contributed by atoms with van der Waals surface area (Å²) in [7, 11) is -2.94. The van der Waals surface area contributed by atoms with Gasteiger partial charge in [-0.15, -0.1) is 11.3 Å². The summed E-state index contributed by atoms with van der Waals surface area (Å²) in [5.41, 5.74) is 1.31. The zero-order chi connectivity index (χ0) is 14.2. The van der Waals surface area contributed by atoms with Gasteiger partial charge in [0.25, 0.3) is 0 Å². The molecule has 3 atom stereocenters. The molecule has 1 aromatic heterocycles. The van der Waals surface area contributed by atoms with Crippen molar-refractivity contribution in [2.75, 3.05) is 6.26 Å². The third-order valence-corrected chi connectivity index (χ3v) is 6.66. The predicted octanol–water partition coefficient (Wildman–Crippen LogP) is 2.98. The van der Waals surface area contributed by atoms with Crippen LogP contribution in [-0.4, -0.2) is 26.0 Å². The third-order valence-electron chi connectivity index (χ3n) is 4.01. The second kappa shape index (κ2) is 5.54. The number of thiophene rings is 1. The van der Waals surface area contributed by atoms with Crippen LogP contribution in [0.4, 0.5) is 0 Å². The molecule has 3 nitrogen and oxygen atoms in total. The molecule has 0 spiro atoms. The molecule has 5 heteroatoms. The second-order valence-corrected chi connectivity index (χ2v) is 9.39. The molecule has 1 heterocycles. The van der Waals surface area contributed by atoms with Crippen molar-refractivity contribution >= 4 is 21.2 Å². The normalized spacial score (nSPS) is 25.7. The first-order valence-electron chi connectivity index (χ1n) is 6.81. The molecule has 1 saturated carbocycles. The van der Waals surface area contributed by atoms with E-state index in [0.717, 1.165) is 19.3 Å². The van der Waals surface area contributed by atoms with Gasteiger partial charge in [-0.2, -0.15) is 0 Å². The monoisotopic (exact) mass is 301 g/mol. The Hall–Kier alpha value is -0.390. The molecule has 0 saturated heterocycles. The average molecular weight is 301 g/mol. The van der Waals surface area contributed by atoms with E-state index in [1.807, 2.05) is 0 Å². The van der Waals surface area contributed by atoms with E-state index in [9.17, 15) is 8.42 Å². The minimum absolute atomic E-state index is 0.101. The number of nitrogens with one attached hydrogen (secondary N) is 1. The molecule has 0 bridgehead atoms. The molecule has 0 aromatic carbocycles. The molecule has 1 fully saturated rings. The molecule has 0 amide bonds. The molecule has 1 N–H and O–H groups in total. The second-order valence-electron chi connectivity index (χ2n) is 5.66. The van der Waals surface area contributed by atoms with Crippen molar-refractivity contribution < 1.29 is 8.42 Å². The number of hydrogen-bond donors (Lipinski definition) is 1. The van der Waals surface area contributed by atoms with Gasteiger partial charge in [0.2, 0.25) is 0 Å². The largest absolute Gasteiger partial charge is 0.306 e. The van der Waals surface area contributed by atoms with Gasteiger partial charge in [-0.25, -0.2) is 8.42 Å². The van der Waals surface area contributed by atoms with Crippen LogP contribution in [0.15, 0.2) is 6.07 Å². The zero-order valence-electron chi connectivity index (χ0n) is 12.1. The van der Waals surface area contributed by atoms with Gasteiger partial charge in [0.1, 0.15) is 0 Å². The highest BCUT2D eigenvalue weighted by molar-refractivity contribution is 7.91. The van der Waals surface area contributed by atoms with Crippen molar-refractivity contribution in [3.63, 3.8) is 0 Å². The fourth-order valence-electron chi connectivity index (χ4n) is 3.12. The van der Waals surface area contributed by atoms with Crippen LogP contribution in [0.1, 0.15) is 47.5 Å². The summed E-state index contributed by atoms with van der Waals surface area (Å²) in [6.07, 6.45) is 4.13. The summed E-state index contributed by atoms with van der Waals surface area (Å²) < 4.78 is 23.6. The molecular formula is C14H23NO2S2. The Labute approximate surface area is 120 Å². The summed E-state index contributed by atoms with van der Waals surface area (Å²) in [6.45, 7) is 6.38. The van der Waals surface area contributed by atoms with Crippen LogP contribution < -0.4 is 5.32 Å². The highest BCUT2D eigenvalue weighted by Crippen LogP contribution is 2.30. The molecule has 108 valence electrons.